The van der Waals surface area contributed by atoms with Crippen molar-refractivity contribution in [3.05, 3.63) is 132 Å². The molecular formula is C27H22N2O3S. The van der Waals surface area contributed by atoms with Gasteiger partial charge in [0, 0.05) is 0 Å². The Bertz CT molecular complexity index is 1300. The van der Waals surface area contributed by atoms with Crippen LogP contribution in [-0.4, -0.2) is 14.4 Å². The first-order chi connectivity index (χ1) is 16.0. The van der Waals surface area contributed by atoms with E-state index in [1.54, 1.807) is 97.1 Å². The molecule has 0 saturated heterocycles. The molecule has 0 aliphatic heterocycles. The van der Waals surface area contributed by atoms with Crippen LogP contribution < -0.4 is 9.62 Å². The molecule has 2 amide bonds. The van der Waals surface area contributed by atoms with Gasteiger partial charge in [-0.05, 0) is 41.5 Å². The number of nitrogens with one attached hydrogen (secondary N) is 1. The summed E-state index contributed by atoms with van der Waals surface area (Å²) in [6.45, 7) is 0. The van der Waals surface area contributed by atoms with E-state index in [-0.39, 0.29) is 4.91 Å². The predicted molar refractivity (Wildman–Crippen MR) is 133 cm³/mol. The van der Waals surface area contributed by atoms with Gasteiger partial charge in [-0.15, -0.1) is 0 Å². The second-order valence-electron chi connectivity index (χ2n) is 7.20. The molecule has 5 nitrogen and oxygen atoms in total. The molecule has 0 spiro atoms. The summed E-state index contributed by atoms with van der Waals surface area (Å²) in [5, 5.41) is 0. The Labute approximate surface area is 193 Å². The highest BCUT2D eigenvalue weighted by Gasteiger charge is 2.27. The van der Waals surface area contributed by atoms with Crippen molar-refractivity contribution in [1.82, 2.24) is 4.72 Å². The molecule has 4 aromatic rings. The second-order valence-corrected chi connectivity index (χ2v) is 8.85. The van der Waals surface area contributed by atoms with Gasteiger partial charge in [0.2, 0.25) is 0 Å². The summed E-state index contributed by atoms with van der Waals surface area (Å²) in [6, 6.07) is 34.9. The SMILES string of the molecule is O=C(NS(=O)(=O)C(=Cc1ccccc1)c1ccccc1)N(c1ccccc1)c1ccccc1. The molecule has 0 fully saturated rings. The quantitative estimate of drug-likeness (QED) is 0.360. The lowest BCUT2D eigenvalue weighted by Gasteiger charge is -2.23. The molecule has 4 aromatic carbocycles. The Morgan fingerprint density at radius 1 is 0.636 bits per heavy atom. The van der Waals surface area contributed by atoms with E-state index in [4.69, 9.17) is 0 Å². The molecule has 0 unspecified atom stereocenters. The molecular weight excluding hydrogens is 432 g/mol. The van der Waals surface area contributed by atoms with E-state index in [1.165, 1.54) is 4.90 Å². The number of urea groups is 1. The Morgan fingerprint density at radius 3 is 1.55 bits per heavy atom. The van der Waals surface area contributed by atoms with Gasteiger partial charge in [0.05, 0.1) is 16.3 Å². The highest BCUT2D eigenvalue weighted by Crippen LogP contribution is 2.27. The average Bonchev–Trinajstić information content (AvgIpc) is 2.85. The Kier molecular flexibility index (Phi) is 6.66. The fourth-order valence-electron chi connectivity index (χ4n) is 3.37. The fraction of sp³-hybridized carbons (Fsp3) is 0. The summed E-state index contributed by atoms with van der Waals surface area (Å²) in [7, 11) is -4.21. The number of carbonyl (C=O) groups excluding carboxylic acids is 1. The minimum Gasteiger partial charge on any atom is -0.262 e. The van der Waals surface area contributed by atoms with E-state index in [0.717, 1.165) is 0 Å². The molecule has 164 valence electrons. The molecule has 0 aliphatic carbocycles. The first-order valence-electron chi connectivity index (χ1n) is 10.3. The highest BCUT2D eigenvalue weighted by atomic mass is 32.2. The van der Waals surface area contributed by atoms with E-state index in [0.29, 0.717) is 22.5 Å². The minimum atomic E-state index is -4.21. The molecule has 4 rings (SSSR count). The summed E-state index contributed by atoms with van der Waals surface area (Å²) >= 11 is 0. The molecule has 33 heavy (non-hydrogen) atoms. The maximum absolute atomic E-state index is 13.5. The van der Waals surface area contributed by atoms with Crippen LogP contribution in [0.5, 0.6) is 0 Å². The van der Waals surface area contributed by atoms with Crippen molar-refractivity contribution in [3.63, 3.8) is 0 Å². The average molecular weight is 455 g/mol. The van der Waals surface area contributed by atoms with Gasteiger partial charge >= 0.3 is 6.03 Å². The fourth-order valence-corrected chi connectivity index (χ4v) is 4.54. The maximum atomic E-state index is 13.5. The van der Waals surface area contributed by atoms with E-state index in [1.807, 2.05) is 30.3 Å². The summed E-state index contributed by atoms with van der Waals surface area (Å²) in [5.41, 5.74) is 2.28. The van der Waals surface area contributed by atoms with Crippen LogP contribution in [0.2, 0.25) is 0 Å². The molecule has 1 N–H and O–H groups in total. The van der Waals surface area contributed by atoms with E-state index < -0.39 is 16.1 Å². The topological polar surface area (TPSA) is 66.5 Å². The number of amides is 2. The normalized spacial score (nSPS) is 11.6. The third-order valence-corrected chi connectivity index (χ3v) is 6.27. The molecule has 0 radical (unpaired) electrons. The van der Waals surface area contributed by atoms with Gasteiger partial charge in [-0.3, -0.25) is 4.90 Å². The second kappa shape index (κ2) is 9.97. The predicted octanol–water partition coefficient (Wildman–Crippen LogP) is 6.06. The van der Waals surface area contributed by atoms with Crippen molar-refractivity contribution < 1.29 is 13.2 Å². The monoisotopic (exact) mass is 454 g/mol. The van der Waals surface area contributed by atoms with Crippen LogP contribution in [0.4, 0.5) is 16.2 Å². The van der Waals surface area contributed by atoms with Gasteiger partial charge in [0.1, 0.15) is 0 Å². The van der Waals surface area contributed by atoms with Gasteiger partial charge in [0.25, 0.3) is 10.0 Å². The Hall–Kier alpha value is -4.16. The number of rotatable bonds is 6. The van der Waals surface area contributed by atoms with Crippen molar-refractivity contribution in [3.8, 4) is 0 Å². The summed E-state index contributed by atoms with van der Waals surface area (Å²) in [6.07, 6.45) is 1.56. The van der Waals surface area contributed by atoms with Crippen LogP contribution in [0.3, 0.4) is 0 Å². The highest BCUT2D eigenvalue weighted by molar-refractivity contribution is 7.99. The van der Waals surface area contributed by atoms with Crippen LogP contribution in [0.15, 0.2) is 121 Å². The van der Waals surface area contributed by atoms with Crippen LogP contribution in [0, 0.1) is 0 Å². The zero-order chi connectivity index (χ0) is 23.1. The molecule has 0 heterocycles. The zero-order valence-electron chi connectivity index (χ0n) is 17.7. The first kappa shape index (κ1) is 22.0. The lowest BCUT2D eigenvalue weighted by Crippen LogP contribution is -2.40. The summed E-state index contributed by atoms with van der Waals surface area (Å²) in [4.78, 5) is 14.7. The van der Waals surface area contributed by atoms with E-state index in [2.05, 4.69) is 4.72 Å². The van der Waals surface area contributed by atoms with Crippen molar-refractivity contribution in [2.75, 3.05) is 4.90 Å². The van der Waals surface area contributed by atoms with Crippen molar-refractivity contribution in [2.24, 2.45) is 0 Å². The molecule has 0 saturated carbocycles. The van der Waals surface area contributed by atoms with E-state index in [9.17, 15) is 13.2 Å². The number of hydrogen-bond acceptors (Lipinski definition) is 3. The standard InChI is InChI=1S/C27H22N2O3S/c30-27(29(24-17-9-3-10-18-24)25-19-11-4-12-20-25)28-33(31,32)26(23-15-7-2-8-16-23)21-22-13-5-1-6-14-22/h1-21H,(H,28,30). The van der Waals surface area contributed by atoms with Crippen molar-refractivity contribution >= 4 is 38.4 Å². The van der Waals surface area contributed by atoms with Crippen LogP contribution in [0.1, 0.15) is 11.1 Å². The van der Waals surface area contributed by atoms with Gasteiger partial charge in [0.15, 0.2) is 0 Å². The smallest absolute Gasteiger partial charge is 0.262 e. The molecule has 0 atom stereocenters. The first-order valence-corrected chi connectivity index (χ1v) is 11.8. The van der Waals surface area contributed by atoms with Gasteiger partial charge in [-0.25, -0.2) is 17.9 Å². The largest absolute Gasteiger partial charge is 0.340 e. The number of benzene rings is 4. The summed E-state index contributed by atoms with van der Waals surface area (Å²) < 4.78 is 29.2. The number of nitrogens with zero attached hydrogens (tertiary/aromatic N) is 1. The molecule has 0 bridgehead atoms. The van der Waals surface area contributed by atoms with Gasteiger partial charge in [-0.2, -0.15) is 0 Å². The third kappa shape index (κ3) is 5.37. The lowest BCUT2D eigenvalue weighted by molar-refractivity contribution is 0.253. The van der Waals surface area contributed by atoms with Gasteiger partial charge < -0.3 is 0 Å². The molecule has 6 heteroatoms. The number of hydrogen-bond donors (Lipinski definition) is 1. The van der Waals surface area contributed by atoms with Gasteiger partial charge in [-0.1, -0.05) is 97.1 Å². The Balaban J connectivity index is 1.74. The number of sulfonamides is 1. The van der Waals surface area contributed by atoms with Crippen LogP contribution in [0.25, 0.3) is 11.0 Å². The van der Waals surface area contributed by atoms with Crippen molar-refractivity contribution in [1.29, 1.82) is 0 Å². The summed E-state index contributed by atoms with van der Waals surface area (Å²) in [5.74, 6) is 0. The number of anilines is 2. The van der Waals surface area contributed by atoms with E-state index >= 15 is 0 Å². The molecule has 0 aromatic heterocycles. The zero-order valence-corrected chi connectivity index (χ0v) is 18.5. The number of carbonyl (C=O) groups is 1. The number of para-hydroxylation sites is 2. The third-order valence-electron chi connectivity index (χ3n) is 4.90. The minimum absolute atomic E-state index is 0.00345. The van der Waals surface area contributed by atoms with Crippen LogP contribution >= 0.6 is 0 Å². The van der Waals surface area contributed by atoms with Crippen LogP contribution in [-0.2, 0) is 10.0 Å². The van der Waals surface area contributed by atoms with Crippen molar-refractivity contribution in [2.45, 2.75) is 0 Å². The Morgan fingerprint density at radius 2 is 1.06 bits per heavy atom. The maximum Gasteiger partial charge on any atom is 0.340 e. The lowest BCUT2D eigenvalue weighted by atomic mass is 10.1. The molecule has 0 aliphatic rings.